The maximum atomic E-state index is 13.5. The van der Waals surface area contributed by atoms with E-state index in [0.29, 0.717) is 0 Å². The fourth-order valence-electron chi connectivity index (χ4n) is 1.57. The SMILES string of the molecule is CC(C)(C)c1ccc2c(F)ccc(F)c2n1. The van der Waals surface area contributed by atoms with Crippen LogP contribution in [0.25, 0.3) is 10.9 Å². The maximum absolute atomic E-state index is 13.5. The molecule has 16 heavy (non-hydrogen) atoms. The zero-order valence-corrected chi connectivity index (χ0v) is 9.51. The molecule has 84 valence electrons. The molecular formula is C13H13F2N. The summed E-state index contributed by atoms with van der Waals surface area (Å²) >= 11 is 0. The predicted octanol–water partition coefficient (Wildman–Crippen LogP) is 3.81. The van der Waals surface area contributed by atoms with Crippen molar-refractivity contribution >= 4 is 10.9 Å². The summed E-state index contributed by atoms with van der Waals surface area (Å²) < 4.78 is 26.9. The van der Waals surface area contributed by atoms with Gasteiger partial charge in [0, 0.05) is 16.5 Å². The molecule has 0 radical (unpaired) electrons. The molecule has 0 amide bonds. The van der Waals surface area contributed by atoms with Crippen LogP contribution in [0.2, 0.25) is 0 Å². The Morgan fingerprint density at radius 3 is 2.19 bits per heavy atom. The molecule has 1 heterocycles. The van der Waals surface area contributed by atoms with Gasteiger partial charge in [-0.25, -0.2) is 13.8 Å². The topological polar surface area (TPSA) is 12.9 Å². The Kier molecular flexibility index (Phi) is 2.41. The second-order valence-corrected chi connectivity index (χ2v) is 4.87. The lowest BCUT2D eigenvalue weighted by atomic mass is 9.91. The van der Waals surface area contributed by atoms with E-state index < -0.39 is 11.6 Å². The first-order valence-electron chi connectivity index (χ1n) is 5.15. The van der Waals surface area contributed by atoms with E-state index in [1.807, 2.05) is 20.8 Å². The van der Waals surface area contributed by atoms with Crippen molar-refractivity contribution in [1.82, 2.24) is 4.98 Å². The van der Waals surface area contributed by atoms with Crippen molar-refractivity contribution in [2.45, 2.75) is 26.2 Å². The Balaban J connectivity index is 2.76. The van der Waals surface area contributed by atoms with Gasteiger partial charge in [0.2, 0.25) is 0 Å². The van der Waals surface area contributed by atoms with E-state index in [1.54, 1.807) is 12.1 Å². The quantitative estimate of drug-likeness (QED) is 0.659. The molecule has 0 saturated heterocycles. The Labute approximate surface area is 93.1 Å². The van der Waals surface area contributed by atoms with E-state index in [4.69, 9.17) is 0 Å². The van der Waals surface area contributed by atoms with Gasteiger partial charge in [0.15, 0.2) is 0 Å². The highest BCUT2D eigenvalue weighted by molar-refractivity contribution is 5.80. The summed E-state index contributed by atoms with van der Waals surface area (Å²) in [6.45, 7) is 5.95. The Bertz CT molecular complexity index is 541. The fraction of sp³-hybridized carbons (Fsp3) is 0.308. The second-order valence-electron chi connectivity index (χ2n) is 4.87. The summed E-state index contributed by atoms with van der Waals surface area (Å²) in [5, 5.41) is 0.230. The highest BCUT2D eigenvalue weighted by Gasteiger charge is 2.17. The van der Waals surface area contributed by atoms with Gasteiger partial charge in [-0.15, -0.1) is 0 Å². The molecule has 0 fully saturated rings. The molecular weight excluding hydrogens is 208 g/mol. The number of halogens is 2. The van der Waals surface area contributed by atoms with Crippen LogP contribution < -0.4 is 0 Å². The largest absolute Gasteiger partial charge is 0.249 e. The average Bonchev–Trinajstić information content (AvgIpc) is 2.22. The van der Waals surface area contributed by atoms with Crippen LogP contribution in [0.4, 0.5) is 8.78 Å². The zero-order chi connectivity index (χ0) is 11.9. The van der Waals surface area contributed by atoms with Crippen LogP contribution in [-0.4, -0.2) is 4.98 Å². The first-order valence-corrected chi connectivity index (χ1v) is 5.15. The normalized spacial score (nSPS) is 12.1. The van der Waals surface area contributed by atoms with Crippen molar-refractivity contribution in [1.29, 1.82) is 0 Å². The third kappa shape index (κ3) is 1.77. The number of fused-ring (bicyclic) bond motifs is 1. The average molecular weight is 221 g/mol. The minimum atomic E-state index is -0.484. The number of hydrogen-bond acceptors (Lipinski definition) is 1. The molecule has 1 aromatic carbocycles. The van der Waals surface area contributed by atoms with Gasteiger partial charge in [0.05, 0.1) is 0 Å². The molecule has 0 aliphatic heterocycles. The first-order chi connectivity index (χ1) is 7.39. The lowest BCUT2D eigenvalue weighted by Crippen LogP contribution is -2.13. The monoisotopic (exact) mass is 221 g/mol. The van der Waals surface area contributed by atoms with Crippen LogP contribution in [0.15, 0.2) is 24.3 Å². The van der Waals surface area contributed by atoms with E-state index in [9.17, 15) is 8.78 Å². The van der Waals surface area contributed by atoms with Gasteiger partial charge < -0.3 is 0 Å². The van der Waals surface area contributed by atoms with Crippen molar-refractivity contribution < 1.29 is 8.78 Å². The molecule has 3 heteroatoms. The third-order valence-corrected chi connectivity index (χ3v) is 2.52. The summed E-state index contributed by atoms with van der Waals surface area (Å²) in [6, 6.07) is 5.55. The number of nitrogens with zero attached hydrogens (tertiary/aromatic N) is 1. The van der Waals surface area contributed by atoms with E-state index in [1.165, 1.54) is 0 Å². The standard InChI is InChI=1S/C13H13F2N/c1-13(2,3)11-7-4-8-9(14)5-6-10(15)12(8)16-11/h4-7H,1-3H3. The molecule has 0 atom stereocenters. The summed E-state index contributed by atoms with van der Waals surface area (Å²) in [7, 11) is 0. The number of aromatic nitrogens is 1. The van der Waals surface area contributed by atoms with Crippen molar-refractivity contribution in [3.8, 4) is 0 Å². The number of benzene rings is 1. The second kappa shape index (κ2) is 3.51. The minimum Gasteiger partial charge on any atom is -0.249 e. The molecule has 0 bridgehead atoms. The summed E-state index contributed by atoms with van der Waals surface area (Å²) in [4.78, 5) is 4.19. The highest BCUT2D eigenvalue weighted by atomic mass is 19.1. The molecule has 0 aliphatic rings. The molecule has 1 aromatic heterocycles. The van der Waals surface area contributed by atoms with Gasteiger partial charge in [0.25, 0.3) is 0 Å². The minimum absolute atomic E-state index is 0.104. The summed E-state index contributed by atoms with van der Waals surface area (Å²) in [5.74, 6) is -0.924. The van der Waals surface area contributed by atoms with Crippen molar-refractivity contribution in [3.63, 3.8) is 0 Å². The Hall–Kier alpha value is -1.51. The lowest BCUT2D eigenvalue weighted by molar-refractivity contribution is 0.567. The molecule has 1 nitrogen and oxygen atoms in total. The van der Waals surface area contributed by atoms with E-state index in [-0.39, 0.29) is 16.3 Å². The van der Waals surface area contributed by atoms with Gasteiger partial charge in [-0.2, -0.15) is 0 Å². The van der Waals surface area contributed by atoms with Gasteiger partial charge in [-0.3, -0.25) is 0 Å². The number of pyridine rings is 1. The molecule has 0 saturated carbocycles. The molecule has 0 aliphatic carbocycles. The van der Waals surface area contributed by atoms with Gasteiger partial charge in [0.1, 0.15) is 17.2 Å². The highest BCUT2D eigenvalue weighted by Crippen LogP contribution is 2.25. The zero-order valence-electron chi connectivity index (χ0n) is 9.51. The first kappa shape index (κ1) is 11.0. The lowest BCUT2D eigenvalue weighted by Gasteiger charge is -2.18. The molecule has 0 unspecified atom stereocenters. The molecule has 0 N–H and O–H groups in total. The van der Waals surface area contributed by atoms with Crippen molar-refractivity contribution in [2.75, 3.05) is 0 Å². The molecule has 0 spiro atoms. The van der Waals surface area contributed by atoms with Gasteiger partial charge in [-0.05, 0) is 24.3 Å². The van der Waals surface area contributed by atoms with Gasteiger partial charge in [-0.1, -0.05) is 20.8 Å². The Morgan fingerprint density at radius 2 is 1.56 bits per heavy atom. The fourth-order valence-corrected chi connectivity index (χ4v) is 1.57. The summed E-state index contributed by atoms with van der Waals surface area (Å²) in [5.41, 5.74) is 0.685. The van der Waals surface area contributed by atoms with E-state index in [0.717, 1.165) is 17.8 Å². The molecule has 2 rings (SSSR count). The van der Waals surface area contributed by atoms with E-state index >= 15 is 0 Å². The van der Waals surface area contributed by atoms with Crippen LogP contribution in [0, 0.1) is 11.6 Å². The van der Waals surface area contributed by atoms with E-state index in [2.05, 4.69) is 4.98 Å². The maximum Gasteiger partial charge on any atom is 0.149 e. The van der Waals surface area contributed by atoms with Crippen LogP contribution in [-0.2, 0) is 5.41 Å². The molecule has 2 aromatic rings. The van der Waals surface area contributed by atoms with Crippen LogP contribution in [0.5, 0.6) is 0 Å². The summed E-state index contributed by atoms with van der Waals surface area (Å²) in [6.07, 6.45) is 0. The third-order valence-electron chi connectivity index (χ3n) is 2.52. The van der Waals surface area contributed by atoms with Crippen molar-refractivity contribution in [3.05, 3.63) is 41.6 Å². The van der Waals surface area contributed by atoms with Gasteiger partial charge >= 0.3 is 0 Å². The Morgan fingerprint density at radius 1 is 0.938 bits per heavy atom. The van der Waals surface area contributed by atoms with Crippen molar-refractivity contribution in [2.24, 2.45) is 0 Å². The van der Waals surface area contributed by atoms with Crippen LogP contribution in [0.1, 0.15) is 26.5 Å². The smallest absolute Gasteiger partial charge is 0.149 e. The van der Waals surface area contributed by atoms with Crippen LogP contribution in [0.3, 0.4) is 0 Å². The number of hydrogen-bond donors (Lipinski definition) is 0. The number of rotatable bonds is 0. The van der Waals surface area contributed by atoms with Crippen LogP contribution >= 0.6 is 0 Å². The predicted molar refractivity (Wildman–Crippen MR) is 60.4 cm³/mol.